The fourth-order valence-corrected chi connectivity index (χ4v) is 6.29. The van der Waals surface area contributed by atoms with Crippen LogP contribution in [0, 0.1) is 0 Å². The van der Waals surface area contributed by atoms with E-state index in [1.807, 2.05) is 36.4 Å². The highest BCUT2D eigenvalue weighted by atomic mass is 32.2. The van der Waals surface area contributed by atoms with E-state index in [4.69, 9.17) is 14.2 Å². The molecular weight excluding hydrogens is 486 g/mol. The van der Waals surface area contributed by atoms with Crippen molar-refractivity contribution < 1.29 is 27.4 Å². The highest BCUT2D eigenvalue weighted by Crippen LogP contribution is 2.44. The summed E-state index contributed by atoms with van der Waals surface area (Å²) in [5.74, 6) is 1.58. The van der Waals surface area contributed by atoms with Crippen LogP contribution in [0.3, 0.4) is 0 Å². The largest absolute Gasteiger partial charge is 0.497 e. The number of fused-ring (bicyclic) bond motifs is 2. The molecule has 3 aromatic rings. The Labute approximate surface area is 209 Å². The molecule has 1 aliphatic heterocycles. The van der Waals surface area contributed by atoms with Gasteiger partial charge >= 0.3 is 5.97 Å². The van der Waals surface area contributed by atoms with Crippen LogP contribution in [0.25, 0.3) is 0 Å². The number of hydrogen-bond acceptors (Lipinski definition) is 7. The summed E-state index contributed by atoms with van der Waals surface area (Å²) in [5.41, 5.74) is 3.99. The summed E-state index contributed by atoms with van der Waals surface area (Å²) >= 11 is 1.63. The first kappa shape index (κ1) is 25.1. The van der Waals surface area contributed by atoms with E-state index in [0.717, 1.165) is 28.0 Å². The number of esters is 1. The zero-order valence-electron chi connectivity index (χ0n) is 19.5. The topological polar surface area (TPSA) is 90.9 Å². The number of ether oxygens (including phenoxy) is 3. The molecule has 184 valence electrons. The highest BCUT2D eigenvalue weighted by Gasteiger charge is 2.26. The third-order valence-electron chi connectivity index (χ3n) is 5.70. The number of benzene rings is 3. The Kier molecular flexibility index (Phi) is 8.00. The Hall–Kier alpha value is -3.01. The minimum Gasteiger partial charge on any atom is -0.497 e. The van der Waals surface area contributed by atoms with E-state index < -0.39 is 10.0 Å². The van der Waals surface area contributed by atoms with Gasteiger partial charge in [-0.3, -0.25) is 4.79 Å². The average Bonchev–Trinajstić information content (AvgIpc) is 3.03. The maximum absolute atomic E-state index is 12.7. The maximum Gasteiger partial charge on any atom is 0.309 e. The Morgan fingerprint density at radius 3 is 2.57 bits per heavy atom. The normalized spacial score (nSPS) is 14.7. The molecule has 35 heavy (non-hydrogen) atoms. The lowest BCUT2D eigenvalue weighted by Gasteiger charge is -2.20. The summed E-state index contributed by atoms with van der Waals surface area (Å²) in [6.07, 6.45) is 0.171. The lowest BCUT2D eigenvalue weighted by atomic mass is 9.98. The molecule has 1 N–H and O–H groups in total. The average molecular weight is 514 g/mol. The van der Waals surface area contributed by atoms with Gasteiger partial charge in [-0.05, 0) is 47.0 Å². The molecule has 0 bridgehead atoms. The number of hydrogen-bond donors (Lipinski definition) is 1. The van der Waals surface area contributed by atoms with Crippen molar-refractivity contribution in [2.75, 3.05) is 26.5 Å². The number of sulfonamides is 1. The van der Waals surface area contributed by atoms with Crippen LogP contribution in [0.15, 0.2) is 71.6 Å². The molecule has 0 aromatic heterocycles. The minimum atomic E-state index is -3.63. The quantitative estimate of drug-likeness (QED) is 0.340. The van der Waals surface area contributed by atoms with Crippen LogP contribution in [-0.4, -0.2) is 40.9 Å². The van der Waals surface area contributed by atoms with E-state index in [2.05, 4.69) is 10.8 Å². The van der Waals surface area contributed by atoms with Crippen molar-refractivity contribution in [2.45, 2.75) is 23.2 Å². The molecule has 1 heterocycles. The summed E-state index contributed by atoms with van der Waals surface area (Å²) in [5, 5.41) is -0.0770. The van der Waals surface area contributed by atoms with Crippen LogP contribution < -0.4 is 14.2 Å². The number of nitrogens with one attached hydrogen (secondary N) is 1. The summed E-state index contributed by atoms with van der Waals surface area (Å²) in [7, 11) is -0.729. The van der Waals surface area contributed by atoms with Gasteiger partial charge in [-0.2, -0.15) is 0 Å². The first-order chi connectivity index (χ1) is 16.9. The van der Waals surface area contributed by atoms with E-state index in [-0.39, 0.29) is 29.1 Å². The van der Waals surface area contributed by atoms with Crippen LogP contribution >= 0.6 is 11.8 Å². The molecule has 0 amide bonds. The Bertz CT molecular complexity index is 1290. The molecule has 3 aromatic carbocycles. The third kappa shape index (κ3) is 5.98. The summed E-state index contributed by atoms with van der Waals surface area (Å²) in [6, 6.07) is 20.1. The van der Waals surface area contributed by atoms with Gasteiger partial charge in [0.1, 0.15) is 18.1 Å². The van der Waals surface area contributed by atoms with Gasteiger partial charge in [0.15, 0.2) is 0 Å². The van der Waals surface area contributed by atoms with Crippen molar-refractivity contribution in [3.63, 3.8) is 0 Å². The summed E-state index contributed by atoms with van der Waals surface area (Å²) in [4.78, 5) is 12.0. The van der Waals surface area contributed by atoms with Crippen LogP contribution in [0.2, 0.25) is 0 Å². The molecule has 0 saturated carbocycles. The zero-order chi connectivity index (χ0) is 24.8. The molecule has 0 radical (unpaired) electrons. The standard InChI is InChI=1S/C26H27NO6S2/c1-31-20-8-10-21(11-9-20)35(29,30)27-13-14-34-26-22-6-4-3-5-19(22)17-33-24-12-7-18(15-23(24)26)16-25(28)32-2/h3-12,15,26-27H,13-14,16-17H2,1-2H3. The van der Waals surface area contributed by atoms with E-state index in [1.54, 1.807) is 23.9 Å². The predicted octanol–water partition coefficient (Wildman–Crippen LogP) is 4.10. The second-order valence-corrected chi connectivity index (χ2v) is 10.9. The van der Waals surface area contributed by atoms with Crippen LogP contribution in [-0.2, 0) is 32.6 Å². The molecule has 4 rings (SSSR count). The van der Waals surface area contributed by atoms with Gasteiger partial charge in [0.25, 0.3) is 0 Å². The second kappa shape index (κ2) is 11.2. The highest BCUT2D eigenvalue weighted by molar-refractivity contribution is 7.99. The van der Waals surface area contributed by atoms with Crippen molar-refractivity contribution in [3.05, 3.63) is 89.0 Å². The van der Waals surface area contributed by atoms with Gasteiger partial charge in [0, 0.05) is 17.9 Å². The van der Waals surface area contributed by atoms with Gasteiger partial charge in [-0.25, -0.2) is 13.1 Å². The minimum absolute atomic E-state index is 0.0770. The molecular formula is C26H27NO6S2. The van der Waals surface area contributed by atoms with E-state index >= 15 is 0 Å². The van der Waals surface area contributed by atoms with E-state index in [0.29, 0.717) is 18.1 Å². The van der Waals surface area contributed by atoms with Crippen molar-refractivity contribution in [2.24, 2.45) is 0 Å². The Balaban J connectivity index is 1.52. The van der Waals surface area contributed by atoms with Crippen LogP contribution in [0.5, 0.6) is 11.5 Å². The maximum atomic E-state index is 12.7. The second-order valence-electron chi connectivity index (χ2n) is 7.94. The molecule has 0 aliphatic carbocycles. The van der Waals surface area contributed by atoms with Crippen molar-refractivity contribution >= 4 is 27.8 Å². The zero-order valence-corrected chi connectivity index (χ0v) is 21.2. The monoisotopic (exact) mass is 513 g/mol. The van der Waals surface area contributed by atoms with Crippen molar-refractivity contribution in [1.82, 2.24) is 4.72 Å². The predicted molar refractivity (Wildman–Crippen MR) is 135 cm³/mol. The first-order valence-corrected chi connectivity index (χ1v) is 13.6. The van der Waals surface area contributed by atoms with E-state index in [1.165, 1.54) is 26.4 Å². The van der Waals surface area contributed by atoms with Gasteiger partial charge in [-0.15, -0.1) is 11.8 Å². The third-order valence-corrected chi connectivity index (χ3v) is 8.46. The van der Waals surface area contributed by atoms with Crippen LogP contribution in [0.4, 0.5) is 0 Å². The van der Waals surface area contributed by atoms with Gasteiger partial charge < -0.3 is 14.2 Å². The fourth-order valence-electron chi connectivity index (χ4n) is 3.90. The fraction of sp³-hybridized carbons (Fsp3) is 0.269. The number of thioether (sulfide) groups is 1. The molecule has 7 nitrogen and oxygen atoms in total. The number of carbonyl (C=O) groups is 1. The van der Waals surface area contributed by atoms with Crippen molar-refractivity contribution in [1.29, 1.82) is 0 Å². The molecule has 0 fully saturated rings. The van der Waals surface area contributed by atoms with Gasteiger partial charge in [-0.1, -0.05) is 36.4 Å². The van der Waals surface area contributed by atoms with Gasteiger partial charge in [0.2, 0.25) is 10.0 Å². The smallest absolute Gasteiger partial charge is 0.309 e. The van der Waals surface area contributed by atoms with Gasteiger partial charge in [0.05, 0.1) is 30.8 Å². The number of methoxy groups -OCH3 is 2. The molecule has 1 aliphatic rings. The Morgan fingerprint density at radius 2 is 1.83 bits per heavy atom. The van der Waals surface area contributed by atoms with Crippen molar-refractivity contribution in [3.8, 4) is 11.5 Å². The number of carbonyl (C=O) groups excluding carboxylic acids is 1. The molecule has 0 spiro atoms. The lowest BCUT2D eigenvalue weighted by molar-refractivity contribution is -0.139. The molecule has 1 atom stereocenters. The first-order valence-electron chi connectivity index (χ1n) is 11.1. The lowest BCUT2D eigenvalue weighted by Crippen LogP contribution is -2.26. The summed E-state index contributed by atoms with van der Waals surface area (Å²) < 4.78 is 44.0. The SMILES string of the molecule is COC(=O)Cc1ccc2c(c1)C(SCCNS(=O)(=O)c1ccc(OC)cc1)c1ccccc1CO2. The molecule has 0 saturated heterocycles. The van der Waals surface area contributed by atoms with E-state index in [9.17, 15) is 13.2 Å². The molecule has 9 heteroatoms. The summed E-state index contributed by atoms with van der Waals surface area (Å²) in [6.45, 7) is 0.705. The molecule has 1 unspecified atom stereocenters. The Morgan fingerprint density at radius 1 is 1.06 bits per heavy atom. The van der Waals surface area contributed by atoms with Crippen LogP contribution in [0.1, 0.15) is 27.5 Å². The number of rotatable bonds is 9.